The molecule has 1 aromatic heterocycles. The second-order valence-corrected chi connectivity index (χ2v) is 11.9. The maximum absolute atomic E-state index is 13.0. The first kappa shape index (κ1) is 27.2. The Hall–Kier alpha value is -3.94. The number of alkyl carbamates (subject to hydrolysis) is 1. The number of ether oxygens (including phenoxy) is 1. The molecule has 1 aliphatic heterocycles. The van der Waals surface area contributed by atoms with Crippen LogP contribution in [-0.2, 0) is 14.0 Å². The van der Waals surface area contributed by atoms with Gasteiger partial charge in [-0.05, 0) is 86.1 Å². The van der Waals surface area contributed by atoms with Crippen LogP contribution in [0.25, 0.3) is 28.1 Å². The Morgan fingerprint density at radius 1 is 0.927 bits per heavy atom. The quantitative estimate of drug-likeness (QED) is 0.262. The predicted octanol–water partition coefficient (Wildman–Crippen LogP) is 7.10. The normalized spacial score (nSPS) is 17.4. The Morgan fingerprint density at radius 3 is 2.22 bits per heavy atom. The molecule has 1 amide bonds. The Bertz CT molecular complexity index is 1600. The highest BCUT2D eigenvalue weighted by molar-refractivity contribution is 6.56. The van der Waals surface area contributed by atoms with Crippen LogP contribution < -0.4 is 5.32 Å². The van der Waals surface area contributed by atoms with Gasteiger partial charge in [0.05, 0.1) is 16.7 Å². The van der Waals surface area contributed by atoms with Gasteiger partial charge in [-0.15, -0.1) is 0 Å². The standard InChI is InChI=1S/C34H35BN2O4/c1-22-14-16-24-18-23(15-17-31(24)37-22)19-25(35-40-33(2,3)34(4,5)41-35)20-36-32(38)39-21-30-28-12-8-6-10-26(28)27-11-7-9-13-29(27)30/h6-19,30H,20-21H2,1-5H3,(H,36,38). The zero-order valence-electron chi connectivity index (χ0n) is 24.2. The van der Waals surface area contributed by atoms with E-state index >= 15 is 0 Å². The lowest BCUT2D eigenvalue weighted by Crippen LogP contribution is -2.41. The van der Waals surface area contributed by atoms with Gasteiger partial charge in [-0.2, -0.15) is 0 Å². The third-order valence-electron chi connectivity index (χ3n) is 8.54. The van der Waals surface area contributed by atoms with Crippen molar-refractivity contribution in [1.82, 2.24) is 10.3 Å². The molecule has 0 atom stereocenters. The summed E-state index contributed by atoms with van der Waals surface area (Å²) in [5, 5.41) is 3.99. The SMILES string of the molecule is Cc1ccc2cc(C=C(CNC(=O)OCC3c4ccccc4-c4ccccc43)B3OC(C)(C)C(C)(C)O3)ccc2n1. The van der Waals surface area contributed by atoms with Crippen molar-refractivity contribution in [2.45, 2.75) is 51.7 Å². The summed E-state index contributed by atoms with van der Waals surface area (Å²) < 4.78 is 18.5. The molecule has 0 saturated carbocycles. The predicted molar refractivity (Wildman–Crippen MR) is 164 cm³/mol. The van der Waals surface area contributed by atoms with Crippen LogP contribution in [0.5, 0.6) is 0 Å². The Kier molecular flexibility index (Phi) is 6.96. The number of hydrogen-bond donors (Lipinski definition) is 1. The van der Waals surface area contributed by atoms with Crippen molar-refractivity contribution in [3.8, 4) is 11.1 Å². The van der Waals surface area contributed by atoms with E-state index in [4.69, 9.17) is 14.0 Å². The summed E-state index contributed by atoms with van der Waals surface area (Å²) in [5.41, 5.74) is 7.44. The van der Waals surface area contributed by atoms with Crippen molar-refractivity contribution >= 4 is 30.2 Å². The Morgan fingerprint density at radius 2 is 1.56 bits per heavy atom. The third-order valence-corrected chi connectivity index (χ3v) is 8.54. The van der Waals surface area contributed by atoms with Gasteiger partial charge in [-0.25, -0.2) is 4.79 Å². The lowest BCUT2D eigenvalue weighted by Gasteiger charge is -2.32. The van der Waals surface area contributed by atoms with Crippen molar-refractivity contribution < 1.29 is 18.8 Å². The van der Waals surface area contributed by atoms with Crippen LogP contribution in [0.3, 0.4) is 0 Å². The average Bonchev–Trinajstić information content (AvgIpc) is 3.38. The molecular formula is C34H35BN2O4. The van der Waals surface area contributed by atoms with Gasteiger partial charge in [0.25, 0.3) is 0 Å². The first-order valence-electron chi connectivity index (χ1n) is 14.1. The first-order valence-corrected chi connectivity index (χ1v) is 14.1. The number of aromatic nitrogens is 1. The van der Waals surface area contributed by atoms with Gasteiger partial charge in [0.15, 0.2) is 0 Å². The van der Waals surface area contributed by atoms with E-state index in [1.54, 1.807) is 0 Å². The van der Waals surface area contributed by atoms with E-state index in [0.717, 1.165) is 27.6 Å². The minimum absolute atomic E-state index is 0.00102. The molecule has 41 heavy (non-hydrogen) atoms. The molecule has 3 aromatic carbocycles. The molecule has 2 aliphatic rings. The van der Waals surface area contributed by atoms with Gasteiger partial charge in [0, 0.05) is 23.5 Å². The molecule has 208 valence electrons. The molecule has 2 heterocycles. The van der Waals surface area contributed by atoms with E-state index in [-0.39, 0.29) is 19.1 Å². The largest absolute Gasteiger partial charge is 0.492 e. The van der Waals surface area contributed by atoms with Crippen LogP contribution in [0, 0.1) is 6.92 Å². The fourth-order valence-corrected chi connectivity index (χ4v) is 5.57. The van der Waals surface area contributed by atoms with Crippen molar-refractivity contribution in [2.75, 3.05) is 13.2 Å². The highest BCUT2D eigenvalue weighted by Crippen LogP contribution is 2.44. The number of aryl methyl sites for hydroxylation is 1. The van der Waals surface area contributed by atoms with Crippen molar-refractivity contribution in [1.29, 1.82) is 0 Å². The van der Waals surface area contributed by atoms with E-state index < -0.39 is 24.4 Å². The number of pyridine rings is 1. The van der Waals surface area contributed by atoms with Gasteiger partial charge in [0.2, 0.25) is 0 Å². The monoisotopic (exact) mass is 546 g/mol. The lowest BCUT2D eigenvalue weighted by atomic mass is 9.77. The molecule has 6 rings (SSSR count). The molecule has 6 nitrogen and oxygen atoms in total. The third kappa shape index (κ3) is 5.28. The summed E-state index contributed by atoms with van der Waals surface area (Å²) >= 11 is 0. The number of rotatable bonds is 6. The summed E-state index contributed by atoms with van der Waals surface area (Å²) in [6.45, 7) is 10.5. The number of benzene rings is 3. The summed E-state index contributed by atoms with van der Waals surface area (Å²) in [6.07, 6.45) is 1.54. The zero-order chi connectivity index (χ0) is 28.8. The van der Waals surface area contributed by atoms with Crippen LogP contribution in [0.2, 0.25) is 0 Å². The number of amides is 1. The summed E-state index contributed by atoms with van der Waals surface area (Å²) in [7, 11) is -0.610. The minimum atomic E-state index is -0.610. The minimum Gasteiger partial charge on any atom is -0.449 e. The Labute approximate surface area is 241 Å². The van der Waals surface area contributed by atoms with Gasteiger partial charge in [-0.3, -0.25) is 4.98 Å². The molecule has 0 spiro atoms. The first-order chi connectivity index (χ1) is 19.6. The summed E-state index contributed by atoms with van der Waals surface area (Å²) in [5.74, 6) is 0.00102. The second-order valence-electron chi connectivity index (χ2n) is 11.9. The van der Waals surface area contributed by atoms with E-state index in [9.17, 15) is 4.79 Å². The second kappa shape index (κ2) is 10.5. The fraction of sp³-hybridized carbons (Fsp3) is 0.294. The number of hydrogen-bond acceptors (Lipinski definition) is 5. The molecule has 1 aliphatic carbocycles. The van der Waals surface area contributed by atoms with Crippen LogP contribution >= 0.6 is 0 Å². The fourth-order valence-electron chi connectivity index (χ4n) is 5.57. The molecular weight excluding hydrogens is 511 g/mol. The maximum atomic E-state index is 13.0. The van der Waals surface area contributed by atoms with Crippen LogP contribution in [0.1, 0.15) is 56.0 Å². The van der Waals surface area contributed by atoms with E-state index in [0.29, 0.717) is 0 Å². The molecule has 1 N–H and O–H groups in total. The van der Waals surface area contributed by atoms with E-state index in [2.05, 4.69) is 46.7 Å². The van der Waals surface area contributed by atoms with Crippen molar-refractivity contribution in [2.24, 2.45) is 0 Å². The molecule has 1 fully saturated rings. The summed E-state index contributed by atoms with van der Waals surface area (Å²) in [6, 6.07) is 26.8. The summed E-state index contributed by atoms with van der Waals surface area (Å²) in [4.78, 5) is 17.6. The van der Waals surface area contributed by atoms with Crippen LogP contribution in [0.4, 0.5) is 4.79 Å². The van der Waals surface area contributed by atoms with E-state index in [1.165, 1.54) is 22.3 Å². The number of fused-ring (bicyclic) bond motifs is 4. The van der Waals surface area contributed by atoms with E-state index in [1.807, 2.05) is 83.2 Å². The topological polar surface area (TPSA) is 69.7 Å². The Balaban J connectivity index is 1.20. The number of carbonyl (C=O) groups is 1. The molecule has 0 bridgehead atoms. The van der Waals surface area contributed by atoms with Crippen LogP contribution in [0.15, 0.2) is 84.3 Å². The number of carbonyl (C=O) groups excluding carboxylic acids is 1. The van der Waals surface area contributed by atoms with Gasteiger partial charge in [0.1, 0.15) is 6.61 Å². The molecule has 7 heteroatoms. The molecule has 0 unspecified atom stereocenters. The van der Waals surface area contributed by atoms with Crippen molar-refractivity contribution in [3.05, 3.63) is 107 Å². The number of nitrogens with one attached hydrogen (secondary N) is 1. The molecule has 1 saturated heterocycles. The van der Waals surface area contributed by atoms with Gasteiger partial charge >= 0.3 is 13.2 Å². The molecule has 0 radical (unpaired) electrons. The highest BCUT2D eigenvalue weighted by Gasteiger charge is 2.52. The smallest absolute Gasteiger partial charge is 0.449 e. The van der Waals surface area contributed by atoms with Gasteiger partial charge in [-0.1, -0.05) is 66.7 Å². The van der Waals surface area contributed by atoms with Crippen LogP contribution in [-0.4, -0.2) is 42.5 Å². The average molecular weight is 546 g/mol. The lowest BCUT2D eigenvalue weighted by molar-refractivity contribution is 0.00578. The highest BCUT2D eigenvalue weighted by atomic mass is 16.7. The maximum Gasteiger partial charge on any atom is 0.492 e. The molecule has 4 aromatic rings. The van der Waals surface area contributed by atoms with Crippen molar-refractivity contribution in [3.63, 3.8) is 0 Å². The zero-order valence-corrected chi connectivity index (χ0v) is 24.2. The van der Waals surface area contributed by atoms with Gasteiger partial charge < -0.3 is 19.4 Å². The number of nitrogens with zero attached hydrogens (tertiary/aromatic N) is 1.